The third kappa shape index (κ3) is 4.18. The Balaban J connectivity index is 1.80. The van der Waals surface area contributed by atoms with Crippen molar-refractivity contribution in [3.8, 4) is 0 Å². The van der Waals surface area contributed by atoms with E-state index in [1.165, 1.54) is 12.8 Å². The highest BCUT2D eigenvalue weighted by molar-refractivity contribution is 5.76. The molecule has 5 nitrogen and oxygen atoms in total. The first-order valence-electron chi connectivity index (χ1n) is 7.48. The minimum absolute atomic E-state index is 0.248. The molecule has 1 amide bonds. The highest BCUT2D eigenvalue weighted by Crippen LogP contribution is 2.12. The first-order valence-corrected chi connectivity index (χ1v) is 7.48. The molecule has 0 bridgehead atoms. The molecular formula is C15H24N4O. The number of likely N-dealkylation sites (tertiary alicyclic amines) is 1. The van der Waals surface area contributed by atoms with Gasteiger partial charge in [0.2, 0.25) is 5.91 Å². The number of aryl methyl sites for hydroxylation is 2. The van der Waals surface area contributed by atoms with Gasteiger partial charge in [-0.3, -0.25) is 9.78 Å². The van der Waals surface area contributed by atoms with Gasteiger partial charge in [0.1, 0.15) is 5.82 Å². The summed E-state index contributed by atoms with van der Waals surface area (Å²) in [6.07, 6.45) is 7.06. The minimum Gasteiger partial charge on any atom is -0.368 e. The van der Waals surface area contributed by atoms with Crippen molar-refractivity contribution >= 4 is 11.7 Å². The molecular weight excluding hydrogens is 252 g/mol. The number of hydrogen-bond donors (Lipinski definition) is 1. The number of hydrogen-bond acceptors (Lipinski definition) is 4. The molecule has 1 fully saturated rings. The monoisotopic (exact) mass is 276 g/mol. The van der Waals surface area contributed by atoms with Crippen molar-refractivity contribution < 1.29 is 4.79 Å². The van der Waals surface area contributed by atoms with E-state index in [1.54, 1.807) is 6.20 Å². The van der Waals surface area contributed by atoms with Crippen LogP contribution in [0.15, 0.2) is 6.20 Å². The molecule has 0 aromatic carbocycles. The molecule has 0 saturated carbocycles. The van der Waals surface area contributed by atoms with Crippen LogP contribution in [-0.4, -0.2) is 40.4 Å². The van der Waals surface area contributed by atoms with Crippen molar-refractivity contribution in [3.05, 3.63) is 17.6 Å². The van der Waals surface area contributed by atoms with Crippen LogP contribution >= 0.6 is 0 Å². The molecule has 0 radical (unpaired) electrons. The number of carbonyl (C=O) groups excluding carboxylic acids is 1. The lowest BCUT2D eigenvalue weighted by molar-refractivity contribution is -0.130. The smallest absolute Gasteiger partial charge is 0.224 e. The fourth-order valence-electron chi connectivity index (χ4n) is 2.47. The number of rotatable bonds is 4. The number of aromatic nitrogens is 2. The van der Waals surface area contributed by atoms with E-state index in [0.29, 0.717) is 13.0 Å². The Morgan fingerprint density at radius 2 is 1.95 bits per heavy atom. The van der Waals surface area contributed by atoms with E-state index < -0.39 is 0 Å². The lowest BCUT2D eigenvalue weighted by Gasteiger charge is -2.20. The van der Waals surface area contributed by atoms with Crippen LogP contribution in [0.25, 0.3) is 0 Å². The molecule has 1 aliphatic heterocycles. The minimum atomic E-state index is 0.248. The summed E-state index contributed by atoms with van der Waals surface area (Å²) in [4.78, 5) is 22.8. The van der Waals surface area contributed by atoms with Crippen LogP contribution in [0.4, 0.5) is 5.82 Å². The molecule has 2 rings (SSSR count). The van der Waals surface area contributed by atoms with Gasteiger partial charge in [-0.25, -0.2) is 4.98 Å². The normalized spacial score (nSPS) is 15.8. The quantitative estimate of drug-likeness (QED) is 0.916. The molecule has 0 unspecified atom stereocenters. The lowest BCUT2D eigenvalue weighted by Crippen LogP contribution is -2.33. The zero-order valence-electron chi connectivity index (χ0n) is 12.5. The Bertz CT molecular complexity index is 453. The zero-order chi connectivity index (χ0) is 14.4. The van der Waals surface area contributed by atoms with E-state index in [0.717, 1.165) is 43.1 Å². The first kappa shape index (κ1) is 14.8. The maximum absolute atomic E-state index is 12.1. The number of amides is 1. The van der Waals surface area contributed by atoms with Crippen LogP contribution < -0.4 is 5.32 Å². The Labute approximate surface area is 120 Å². The summed E-state index contributed by atoms with van der Waals surface area (Å²) in [6, 6.07) is 0. The molecule has 0 spiro atoms. The van der Waals surface area contributed by atoms with Crippen LogP contribution in [0.5, 0.6) is 0 Å². The van der Waals surface area contributed by atoms with Crippen LogP contribution in [-0.2, 0) is 4.79 Å². The second kappa shape index (κ2) is 7.22. The lowest BCUT2D eigenvalue weighted by atomic mass is 10.2. The van der Waals surface area contributed by atoms with Gasteiger partial charge >= 0.3 is 0 Å². The predicted molar refractivity (Wildman–Crippen MR) is 79.7 cm³/mol. The zero-order valence-corrected chi connectivity index (χ0v) is 12.5. The van der Waals surface area contributed by atoms with E-state index in [1.807, 2.05) is 18.7 Å². The highest BCUT2D eigenvalue weighted by atomic mass is 16.2. The standard InChI is InChI=1S/C15H24N4O/c1-12-11-17-13(2)15(18-12)16-8-7-14(20)19-9-5-3-4-6-10-19/h11H,3-10H2,1-2H3,(H,16,18). The largest absolute Gasteiger partial charge is 0.368 e. The molecule has 1 saturated heterocycles. The summed E-state index contributed by atoms with van der Waals surface area (Å²) in [5.41, 5.74) is 1.76. The fraction of sp³-hybridized carbons (Fsp3) is 0.667. The summed E-state index contributed by atoms with van der Waals surface area (Å²) >= 11 is 0. The molecule has 110 valence electrons. The SMILES string of the molecule is Cc1cnc(C)c(NCCC(=O)N2CCCCCC2)n1. The van der Waals surface area contributed by atoms with Crippen molar-refractivity contribution in [2.24, 2.45) is 0 Å². The number of nitrogens with one attached hydrogen (secondary N) is 1. The van der Waals surface area contributed by atoms with Crippen molar-refractivity contribution in [2.75, 3.05) is 25.0 Å². The van der Waals surface area contributed by atoms with Gasteiger partial charge in [-0.2, -0.15) is 0 Å². The number of anilines is 1. The third-order valence-electron chi connectivity index (χ3n) is 3.67. The molecule has 2 heterocycles. The molecule has 1 aromatic rings. The summed E-state index contributed by atoms with van der Waals surface area (Å²) in [7, 11) is 0. The molecule has 20 heavy (non-hydrogen) atoms. The van der Waals surface area contributed by atoms with E-state index in [4.69, 9.17) is 0 Å². The van der Waals surface area contributed by atoms with Gasteiger partial charge in [0.15, 0.2) is 0 Å². The van der Waals surface area contributed by atoms with E-state index in [-0.39, 0.29) is 5.91 Å². The van der Waals surface area contributed by atoms with E-state index in [2.05, 4.69) is 15.3 Å². The highest BCUT2D eigenvalue weighted by Gasteiger charge is 2.15. The maximum Gasteiger partial charge on any atom is 0.224 e. The van der Waals surface area contributed by atoms with Crippen molar-refractivity contribution in [1.82, 2.24) is 14.9 Å². The molecule has 1 aromatic heterocycles. The summed E-state index contributed by atoms with van der Waals surface area (Å²) in [6.45, 7) is 6.30. The second-order valence-corrected chi connectivity index (χ2v) is 5.42. The van der Waals surface area contributed by atoms with Crippen LogP contribution in [0.3, 0.4) is 0 Å². The average Bonchev–Trinajstić information content (AvgIpc) is 2.71. The van der Waals surface area contributed by atoms with Crippen molar-refractivity contribution in [3.63, 3.8) is 0 Å². The molecule has 0 aliphatic carbocycles. The Kier molecular flexibility index (Phi) is 5.32. The van der Waals surface area contributed by atoms with Gasteiger partial charge in [0, 0.05) is 32.3 Å². The summed E-state index contributed by atoms with van der Waals surface area (Å²) in [5, 5.41) is 3.22. The first-order chi connectivity index (χ1) is 9.66. The molecule has 0 atom stereocenters. The van der Waals surface area contributed by atoms with Gasteiger partial charge < -0.3 is 10.2 Å². The van der Waals surface area contributed by atoms with Gasteiger partial charge in [-0.15, -0.1) is 0 Å². The second-order valence-electron chi connectivity index (χ2n) is 5.42. The summed E-state index contributed by atoms with van der Waals surface area (Å²) in [5.74, 6) is 1.03. The molecule has 1 N–H and O–H groups in total. The van der Waals surface area contributed by atoms with Crippen LogP contribution in [0.2, 0.25) is 0 Å². The average molecular weight is 276 g/mol. The van der Waals surface area contributed by atoms with Gasteiger partial charge in [-0.05, 0) is 26.7 Å². The molecule has 1 aliphatic rings. The van der Waals surface area contributed by atoms with E-state index in [9.17, 15) is 4.79 Å². The van der Waals surface area contributed by atoms with Crippen LogP contribution in [0, 0.1) is 13.8 Å². The van der Waals surface area contributed by atoms with Crippen LogP contribution in [0.1, 0.15) is 43.5 Å². The third-order valence-corrected chi connectivity index (χ3v) is 3.67. The van der Waals surface area contributed by atoms with Crippen molar-refractivity contribution in [1.29, 1.82) is 0 Å². The van der Waals surface area contributed by atoms with Crippen molar-refractivity contribution in [2.45, 2.75) is 46.0 Å². The Hall–Kier alpha value is -1.65. The van der Waals surface area contributed by atoms with Gasteiger partial charge in [0.25, 0.3) is 0 Å². The maximum atomic E-state index is 12.1. The predicted octanol–water partition coefficient (Wildman–Crippen LogP) is 2.30. The molecule has 5 heteroatoms. The van der Waals surface area contributed by atoms with E-state index >= 15 is 0 Å². The van der Waals surface area contributed by atoms with Gasteiger partial charge in [0.05, 0.1) is 11.4 Å². The fourth-order valence-corrected chi connectivity index (χ4v) is 2.47. The topological polar surface area (TPSA) is 58.1 Å². The van der Waals surface area contributed by atoms with Gasteiger partial charge in [-0.1, -0.05) is 12.8 Å². The Morgan fingerprint density at radius 1 is 1.25 bits per heavy atom. The summed E-state index contributed by atoms with van der Waals surface area (Å²) < 4.78 is 0. The Morgan fingerprint density at radius 3 is 2.65 bits per heavy atom. The number of carbonyl (C=O) groups is 1. The number of nitrogens with zero attached hydrogens (tertiary/aromatic N) is 3.